The molecule has 1 nitrogen and oxygen atoms in total. The van der Waals surface area contributed by atoms with Crippen LogP contribution in [0.2, 0.25) is 0 Å². The molecule has 2 heteroatoms. The van der Waals surface area contributed by atoms with E-state index in [2.05, 4.69) is 24.4 Å². The van der Waals surface area contributed by atoms with Crippen molar-refractivity contribution in [1.29, 1.82) is 0 Å². The fourth-order valence-electron chi connectivity index (χ4n) is 1.54. The van der Waals surface area contributed by atoms with Crippen LogP contribution in [0, 0.1) is 0 Å². The summed E-state index contributed by atoms with van der Waals surface area (Å²) >= 11 is 0. The summed E-state index contributed by atoms with van der Waals surface area (Å²) in [4.78, 5) is 0. The summed E-state index contributed by atoms with van der Waals surface area (Å²) in [7, 11) is 5.62. The van der Waals surface area contributed by atoms with Gasteiger partial charge in [-0.25, -0.2) is 0 Å². The summed E-state index contributed by atoms with van der Waals surface area (Å²) in [5, 5.41) is 3.44. The van der Waals surface area contributed by atoms with Gasteiger partial charge in [0.15, 0.2) is 0 Å². The Morgan fingerprint density at radius 2 is 1.80 bits per heavy atom. The van der Waals surface area contributed by atoms with Crippen molar-refractivity contribution in [2.24, 2.45) is 0 Å². The molecule has 0 fully saturated rings. The largest absolute Gasteiger partial charge is 0.313 e. The quantitative estimate of drug-likeness (QED) is 0.526. The number of unbranched alkanes of at least 4 members (excludes halogenated alkanes) is 3. The third-order valence-corrected chi connectivity index (χ3v) is 2.52. The molecule has 0 bridgehead atoms. The van der Waals surface area contributed by atoms with Crippen molar-refractivity contribution in [1.82, 2.24) is 5.32 Å². The van der Waals surface area contributed by atoms with Gasteiger partial charge in [0.1, 0.15) is 7.85 Å². The number of nitrogens with one attached hydrogen (secondary N) is 1. The molecule has 0 saturated carbocycles. The van der Waals surface area contributed by atoms with Gasteiger partial charge in [-0.1, -0.05) is 55.9 Å². The highest BCUT2D eigenvalue weighted by molar-refractivity contribution is 6.32. The molecule has 2 radical (unpaired) electrons. The molecule has 0 unspecified atom stereocenters. The summed E-state index contributed by atoms with van der Waals surface area (Å²) in [6.45, 7) is 4.30. The van der Waals surface area contributed by atoms with Crippen LogP contribution in [0.25, 0.3) is 0 Å². The Morgan fingerprint density at radius 1 is 1.07 bits per heavy atom. The van der Waals surface area contributed by atoms with Gasteiger partial charge in [-0.2, -0.15) is 0 Å². The van der Waals surface area contributed by atoms with Crippen LogP contribution in [0.4, 0.5) is 0 Å². The molecule has 1 aromatic rings. The predicted molar refractivity (Wildman–Crippen MR) is 67.7 cm³/mol. The summed E-state index contributed by atoms with van der Waals surface area (Å²) in [6.07, 6.45) is 5.27. The summed E-state index contributed by atoms with van der Waals surface area (Å²) in [5.74, 6) is 0. The molecule has 0 atom stereocenters. The third kappa shape index (κ3) is 5.63. The molecule has 0 heterocycles. The lowest BCUT2D eigenvalue weighted by atomic mass is 9.95. The van der Waals surface area contributed by atoms with Gasteiger partial charge in [0.05, 0.1) is 0 Å². The zero-order valence-corrected chi connectivity index (χ0v) is 9.63. The fraction of sp³-hybridized carbons (Fsp3) is 0.538. The van der Waals surface area contributed by atoms with Gasteiger partial charge in [-0.05, 0) is 18.5 Å². The highest BCUT2D eigenvalue weighted by Crippen LogP contribution is 1.99. The zero-order chi connectivity index (χ0) is 10.9. The van der Waals surface area contributed by atoms with E-state index in [-0.39, 0.29) is 0 Å². The first-order chi connectivity index (χ1) is 7.33. The predicted octanol–water partition coefficient (Wildman–Crippen LogP) is 2.15. The molecule has 0 amide bonds. The minimum Gasteiger partial charge on any atom is -0.313 e. The van der Waals surface area contributed by atoms with Crippen LogP contribution in [0.1, 0.15) is 38.2 Å². The minimum atomic E-state index is 0.835. The molecule has 0 spiro atoms. The molecule has 80 valence electrons. The molecule has 0 aliphatic carbocycles. The van der Waals surface area contributed by atoms with Crippen molar-refractivity contribution in [3.63, 3.8) is 0 Å². The molecule has 1 N–H and O–H groups in total. The number of hydrogen-bond acceptors (Lipinski definition) is 1. The lowest BCUT2D eigenvalue weighted by molar-refractivity contribution is 0.598. The van der Waals surface area contributed by atoms with Crippen LogP contribution in [0.3, 0.4) is 0 Å². The van der Waals surface area contributed by atoms with Crippen molar-refractivity contribution in [2.45, 2.75) is 39.2 Å². The first-order valence-corrected chi connectivity index (χ1v) is 5.88. The maximum atomic E-state index is 5.62. The molecule has 0 aliphatic heterocycles. The molecule has 1 aromatic carbocycles. The van der Waals surface area contributed by atoms with Crippen molar-refractivity contribution in [3.8, 4) is 0 Å². The average Bonchev–Trinajstić information content (AvgIpc) is 2.26. The van der Waals surface area contributed by atoms with E-state index in [0.29, 0.717) is 0 Å². The fourth-order valence-corrected chi connectivity index (χ4v) is 1.54. The Hall–Kier alpha value is -0.755. The molecule has 0 saturated heterocycles. The lowest BCUT2D eigenvalue weighted by Crippen LogP contribution is -2.15. The van der Waals surface area contributed by atoms with Crippen LogP contribution in [-0.2, 0) is 6.54 Å². The van der Waals surface area contributed by atoms with E-state index in [0.717, 1.165) is 18.6 Å². The van der Waals surface area contributed by atoms with E-state index in [1.807, 2.05) is 12.1 Å². The van der Waals surface area contributed by atoms with Gasteiger partial charge in [0.2, 0.25) is 0 Å². The molecule has 15 heavy (non-hydrogen) atoms. The van der Waals surface area contributed by atoms with Crippen LogP contribution >= 0.6 is 0 Å². The Balaban J connectivity index is 2.07. The molecule has 0 aliphatic rings. The minimum absolute atomic E-state index is 0.835. The highest BCUT2D eigenvalue weighted by atomic mass is 14.8. The third-order valence-electron chi connectivity index (χ3n) is 2.52. The summed E-state index contributed by atoms with van der Waals surface area (Å²) in [5.41, 5.74) is 2.14. The van der Waals surface area contributed by atoms with E-state index < -0.39 is 0 Å². The van der Waals surface area contributed by atoms with Gasteiger partial charge in [0, 0.05) is 6.54 Å². The van der Waals surface area contributed by atoms with Crippen molar-refractivity contribution in [2.75, 3.05) is 6.54 Å². The van der Waals surface area contributed by atoms with Crippen LogP contribution in [0.15, 0.2) is 24.3 Å². The smallest absolute Gasteiger partial charge is 0.113 e. The zero-order valence-electron chi connectivity index (χ0n) is 9.63. The first-order valence-electron chi connectivity index (χ1n) is 5.88. The lowest BCUT2D eigenvalue weighted by Gasteiger charge is -2.05. The standard InChI is InChI=1S/C13H20BN/c1-2-3-4-5-10-15-11-12-6-8-13(14)9-7-12/h6-9,15H,2-5,10-11H2,1H3. The van der Waals surface area contributed by atoms with E-state index in [9.17, 15) is 0 Å². The average molecular weight is 201 g/mol. The second kappa shape index (κ2) is 7.53. The highest BCUT2D eigenvalue weighted by Gasteiger charge is 1.92. The molecule has 1 rings (SSSR count). The maximum Gasteiger partial charge on any atom is 0.113 e. The van der Waals surface area contributed by atoms with E-state index in [1.165, 1.54) is 31.2 Å². The summed E-state index contributed by atoms with van der Waals surface area (Å²) < 4.78 is 0. The van der Waals surface area contributed by atoms with Gasteiger partial charge >= 0.3 is 0 Å². The van der Waals surface area contributed by atoms with Crippen molar-refractivity contribution >= 4 is 13.3 Å². The Morgan fingerprint density at radius 3 is 2.47 bits per heavy atom. The van der Waals surface area contributed by atoms with Crippen molar-refractivity contribution < 1.29 is 0 Å². The SMILES string of the molecule is [B]c1ccc(CNCCCCCC)cc1. The van der Waals surface area contributed by atoms with E-state index >= 15 is 0 Å². The van der Waals surface area contributed by atoms with Gasteiger partial charge < -0.3 is 5.32 Å². The molecule has 0 aromatic heterocycles. The van der Waals surface area contributed by atoms with Gasteiger partial charge in [0.25, 0.3) is 0 Å². The molecular formula is C13H20BN. The Kier molecular flexibility index (Phi) is 6.18. The number of benzene rings is 1. The first kappa shape index (κ1) is 12.3. The summed E-state index contributed by atoms with van der Waals surface area (Å²) in [6, 6.07) is 8.06. The molecular weight excluding hydrogens is 181 g/mol. The maximum absolute atomic E-state index is 5.62. The topological polar surface area (TPSA) is 12.0 Å². The second-order valence-corrected chi connectivity index (χ2v) is 3.98. The second-order valence-electron chi connectivity index (χ2n) is 3.98. The normalized spacial score (nSPS) is 10.5. The Labute approximate surface area is 94.7 Å². The van der Waals surface area contributed by atoms with Crippen LogP contribution in [-0.4, -0.2) is 14.4 Å². The number of rotatable bonds is 7. The van der Waals surface area contributed by atoms with E-state index in [4.69, 9.17) is 7.85 Å². The monoisotopic (exact) mass is 201 g/mol. The number of hydrogen-bond donors (Lipinski definition) is 1. The Bertz CT molecular complexity index is 256. The van der Waals surface area contributed by atoms with Crippen LogP contribution in [0.5, 0.6) is 0 Å². The van der Waals surface area contributed by atoms with Crippen molar-refractivity contribution in [3.05, 3.63) is 29.8 Å². The van der Waals surface area contributed by atoms with Gasteiger partial charge in [-0.3, -0.25) is 0 Å². The van der Waals surface area contributed by atoms with E-state index in [1.54, 1.807) is 0 Å². The van der Waals surface area contributed by atoms with Gasteiger partial charge in [-0.15, -0.1) is 0 Å². The van der Waals surface area contributed by atoms with Crippen LogP contribution < -0.4 is 10.8 Å².